The lowest BCUT2D eigenvalue weighted by Crippen LogP contribution is -2.46. The normalized spacial score (nSPS) is 12.1. The SMILES string of the molecule is CC(C)(CO)[C@@H](O)C(=O)NCCC(=O)NCCSSCCNC(=O)c1cccnc1. The van der Waals surface area contributed by atoms with Crippen LogP contribution in [0.3, 0.4) is 0 Å². The number of hydrogen-bond acceptors (Lipinski definition) is 8. The third-order valence-corrected chi connectivity index (χ3v) is 6.44. The summed E-state index contributed by atoms with van der Waals surface area (Å²) in [5.74, 6) is 0.497. The van der Waals surface area contributed by atoms with Gasteiger partial charge in [0.15, 0.2) is 0 Å². The van der Waals surface area contributed by atoms with Crippen molar-refractivity contribution in [2.24, 2.45) is 5.41 Å². The molecule has 0 aliphatic carbocycles. The summed E-state index contributed by atoms with van der Waals surface area (Å²) in [5, 5.41) is 27.1. The first-order valence-electron chi connectivity index (χ1n) is 9.54. The first kappa shape index (κ1) is 26.2. The van der Waals surface area contributed by atoms with E-state index in [1.54, 1.807) is 53.8 Å². The zero-order valence-corrected chi connectivity index (χ0v) is 18.9. The number of nitrogens with one attached hydrogen (secondary N) is 3. The summed E-state index contributed by atoms with van der Waals surface area (Å²) in [7, 11) is 3.19. The van der Waals surface area contributed by atoms with Crippen LogP contribution in [0, 0.1) is 5.41 Å². The molecule has 1 aromatic rings. The zero-order chi connectivity index (χ0) is 22.4. The first-order valence-corrected chi connectivity index (χ1v) is 12.0. The third-order valence-electron chi connectivity index (χ3n) is 4.03. The summed E-state index contributed by atoms with van der Waals surface area (Å²) >= 11 is 0. The number of carbonyl (C=O) groups is 3. The Morgan fingerprint density at radius 1 is 1.10 bits per heavy atom. The van der Waals surface area contributed by atoms with Crippen LogP contribution < -0.4 is 16.0 Å². The van der Waals surface area contributed by atoms with Gasteiger partial charge in [-0.15, -0.1) is 0 Å². The fraction of sp³-hybridized carbons (Fsp3) is 0.579. The highest BCUT2D eigenvalue weighted by atomic mass is 33.1. The summed E-state index contributed by atoms with van der Waals surface area (Å²) in [6.45, 7) is 3.97. The molecular weight excluding hydrogens is 428 g/mol. The number of amides is 3. The number of rotatable bonds is 14. The number of aromatic nitrogens is 1. The molecule has 0 aliphatic heterocycles. The molecule has 0 aromatic carbocycles. The quantitative estimate of drug-likeness (QED) is 0.197. The van der Waals surface area contributed by atoms with Crippen LogP contribution in [-0.2, 0) is 9.59 Å². The van der Waals surface area contributed by atoms with E-state index in [4.69, 9.17) is 5.11 Å². The van der Waals surface area contributed by atoms with Crippen LogP contribution in [0.2, 0.25) is 0 Å². The van der Waals surface area contributed by atoms with E-state index in [0.29, 0.717) is 24.4 Å². The van der Waals surface area contributed by atoms with Crippen molar-refractivity contribution in [3.63, 3.8) is 0 Å². The van der Waals surface area contributed by atoms with Crippen LogP contribution >= 0.6 is 21.6 Å². The summed E-state index contributed by atoms with van der Waals surface area (Å²) in [5.41, 5.74) is -0.413. The van der Waals surface area contributed by atoms with E-state index < -0.39 is 17.4 Å². The van der Waals surface area contributed by atoms with Crippen molar-refractivity contribution >= 4 is 39.3 Å². The molecule has 0 saturated carbocycles. The Kier molecular flexibility index (Phi) is 12.4. The second-order valence-corrected chi connectivity index (χ2v) is 9.78. The molecule has 0 aliphatic rings. The van der Waals surface area contributed by atoms with Crippen LogP contribution in [0.1, 0.15) is 30.6 Å². The van der Waals surface area contributed by atoms with Crippen molar-refractivity contribution in [1.82, 2.24) is 20.9 Å². The van der Waals surface area contributed by atoms with Crippen molar-refractivity contribution in [3.8, 4) is 0 Å². The Morgan fingerprint density at radius 2 is 1.77 bits per heavy atom. The van der Waals surface area contributed by atoms with Gasteiger partial charge in [0, 0.05) is 55.4 Å². The highest BCUT2D eigenvalue weighted by molar-refractivity contribution is 8.76. The highest BCUT2D eigenvalue weighted by Crippen LogP contribution is 2.20. The average molecular weight is 459 g/mol. The molecule has 0 unspecified atom stereocenters. The van der Waals surface area contributed by atoms with Crippen LogP contribution in [0.4, 0.5) is 0 Å². The summed E-state index contributed by atoms with van der Waals surface area (Å²) in [6, 6.07) is 3.42. The average Bonchev–Trinajstić information content (AvgIpc) is 2.75. The third kappa shape index (κ3) is 10.3. The van der Waals surface area contributed by atoms with E-state index in [-0.39, 0.29) is 31.4 Å². The van der Waals surface area contributed by atoms with E-state index in [0.717, 1.165) is 5.75 Å². The Balaban J connectivity index is 2.01. The zero-order valence-electron chi connectivity index (χ0n) is 17.2. The monoisotopic (exact) mass is 458 g/mol. The number of hydrogen-bond donors (Lipinski definition) is 5. The van der Waals surface area contributed by atoms with Gasteiger partial charge in [0.05, 0.1) is 12.2 Å². The largest absolute Gasteiger partial charge is 0.396 e. The van der Waals surface area contributed by atoms with Gasteiger partial charge < -0.3 is 26.2 Å². The van der Waals surface area contributed by atoms with E-state index in [2.05, 4.69) is 20.9 Å². The molecule has 1 aromatic heterocycles. The lowest BCUT2D eigenvalue weighted by Gasteiger charge is -2.27. The number of carbonyl (C=O) groups excluding carboxylic acids is 3. The highest BCUT2D eigenvalue weighted by Gasteiger charge is 2.32. The molecule has 3 amide bonds. The van der Waals surface area contributed by atoms with Gasteiger partial charge in [0.25, 0.3) is 5.91 Å². The minimum Gasteiger partial charge on any atom is -0.396 e. The molecule has 0 fully saturated rings. The van der Waals surface area contributed by atoms with Crippen LogP contribution in [0.15, 0.2) is 24.5 Å². The van der Waals surface area contributed by atoms with Crippen molar-refractivity contribution in [2.45, 2.75) is 26.4 Å². The van der Waals surface area contributed by atoms with Gasteiger partial charge >= 0.3 is 0 Å². The van der Waals surface area contributed by atoms with Gasteiger partial charge in [-0.3, -0.25) is 19.4 Å². The first-order chi connectivity index (χ1) is 14.3. The second kappa shape index (κ2) is 14.2. The predicted molar refractivity (Wildman–Crippen MR) is 119 cm³/mol. The van der Waals surface area contributed by atoms with E-state index >= 15 is 0 Å². The van der Waals surface area contributed by atoms with Crippen molar-refractivity contribution < 1.29 is 24.6 Å². The summed E-state index contributed by atoms with van der Waals surface area (Å²) in [6.07, 6.45) is 1.90. The maximum Gasteiger partial charge on any atom is 0.252 e. The minimum absolute atomic E-state index is 0.107. The topological polar surface area (TPSA) is 141 Å². The Labute approximate surface area is 184 Å². The molecule has 168 valence electrons. The van der Waals surface area contributed by atoms with E-state index in [1.807, 2.05) is 0 Å². The molecule has 0 saturated heterocycles. The molecule has 1 heterocycles. The van der Waals surface area contributed by atoms with Crippen LogP contribution in [0.5, 0.6) is 0 Å². The Morgan fingerprint density at radius 3 is 2.37 bits per heavy atom. The van der Waals surface area contributed by atoms with Gasteiger partial charge in [-0.2, -0.15) is 0 Å². The molecule has 0 radical (unpaired) electrons. The van der Waals surface area contributed by atoms with Crippen molar-refractivity contribution in [1.29, 1.82) is 0 Å². The van der Waals surface area contributed by atoms with Crippen molar-refractivity contribution in [3.05, 3.63) is 30.1 Å². The van der Waals surface area contributed by atoms with E-state index in [9.17, 15) is 19.5 Å². The molecular formula is C19H30N4O5S2. The van der Waals surface area contributed by atoms with Crippen molar-refractivity contribution in [2.75, 3.05) is 37.7 Å². The lowest BCUT2D eigenvalue weighted by atomic mass is 9.87. The second-order valence-electron chi connectivity index (χ2n) is 7.08. The van der Waals surface area contributed by atoms with Gasteiger partial charge in [-0.05, 0) is 12.1 Å². The van der Waals surface area contributed by atoms with Gasteiger partial charge in [0.1, 0.15) is 6.10 Å². The molecule has 1 rings (SSSR count). The molecule has 0 spiro atoms. The standard InChI is InChI=1S/C19H30N4O5S2/c1-19(2,13-24)16(26)18(28)22-7-5-15(25)21-8-10-29-30-11-9-23-17(27)14-4-3-6-20-12-14/h3-4,6,12,16,24,26H,5,7-11,13H2,1-2H3,(H,21,25)(H,22,28)(H,23,27)/t16-/m0/s1. The van der Waals surface area contributed by atoms with Gasteiger partial charge in [-0.25, -0.2) is 0 Å². The van der Waals surface area contributed by atoms with E-state index in [1.165, 1.54) is 6.20 Å². The summed E-state index contributed by atoms with van der Waals surface area (Å²) in [4.78, 5) is 39.3. The van der Waals surface area contributed by atoms with Crippen LogP contribution in [-0.4, -0.2) is 76.8 Å². The number of aliphatic hydroxyl groups excluding tert-OH is 2. The minimum atomic E-state index is -1.34. The maximum atomic E-state index is 11.8. The van der Waals surface area contributed by atoms with Crippen LogP contribution in [0.25, 0.3) is 0 Å². The number of pyridine rings is 1. The maximum absolute atomic E-state index is 11.8. The number of aliphatic hydroxyl groups is 2. The molecule has 0 bridgehead atoms. The molecule has 9 nitrogen and oxygen atoms in total. The fourth-order valence-corrected chi connectivity index (χ4v) is 3.89. The lowest BCUT2D eigenvalue weighted by molar-refractivity contribution is -0.137. The summed E-state index contributed by atoms with van der Waals surface area (Å²) < 4.78 is 0. The Bertz CT molecular complexity index is 676. The molecule has 30 heavy (non-hydrogen) atoms. The molecule has 1 atom stereocenters. The number of nitrogens with zero attached hydrogens (tertiary/aromatic N) is 1. The molecule has 11 heteroatoms. The van der Waals surface area contributed by atoms with Gasteiger partial charge in [-0.1, -0.05) is 35.4 Å². The fourth-order valence-electron chi connectivity index (χ4n) is 2.08. The van der Waals surface area contributed by atoms with Gasteiger partial charge in [0.2, 0.25) is 11.8 Å². The predicted octanol–water partition coefficient (Wildman–Crippen LogP) is 0.195. The smallest absolute Gasteiger partial charge is 0.252 e. The molecule has 5 N–H and O–H groups in total. The Hall–Kier alpha value is -1.82.